The average Bonchev–Trinajstić information content (AvgIpc) is 2.68. The number of pyridine rings is 1. The van der Waals surface area contributed by atoms with E-state index >= 15 is 0 Å². The Morgan fingerprint density at radius 3 is 2.36 bits per heavy atom. The third-order valence-electron chi connectivity index (χ3n) is 5.40. The highest BCUT2D eigenvalue weighted by Gasteiger charge is 2.30. The average molecular weight is 456 g/mol. The van der Waals surface area contributed by atoms with Gasteiger partial charge in [-0.2, -0.15) is 5.26 Å². The molecule has 2 aromatic rings. The van der Waals surface area contributed by atoms with Crippen LogP contribution in [0.5, 0.6) is 5.75 Å². The van der Waals surface area contributed by atoms with Gasteiger partial charge in [0, 0.05) is 17.5 Å². The van der Waals surface area contributed by atoms with Crippen LogP contribution in [-0.2, 0) is 19.5 Å². The van der Waals surface area contributed by atoms with Gasteiger partial charge in [-0.3, -0.25) is 9.69 Å². The summed E-state index contributed by atoms with van der Waals surface area (Å²) in [6.07, 6.45) is 0.931. The first-order valence-electron chi connectivity index (χ1n) is 11.5. The van der Waals surface area contributed by atoms with Crippen molar-refractivity contribution in [3.63, 3.8) is 0 Å². The van der Waals surface area contributed by atoms with E-state index in [4.69, 9.17) is 10.00 Å². The number of nitriles is 1. The van der Waals surface area contributed by atoms with Crippen molar-refractivity contribution in [1.29, 1.82) is 5.26 Å². The summed E-state index contributed by atoms with van der Waals surface area (Å²) in [6, 6.07) is 7.52. The van der Waals surface area contributed by atoms with Crippen LogP contribution >= 0.6 is 0 Å². The van der Waals surface area contributed by atoms with Gasteiger partial charge in [0.2, 0.25) is 0 Å². The molecule has 0 radical (unpaired) electrons. The number of ether oxygens (including phenoxy) is 1. The molecule has 1 heterocycles. The molecule has 0 spiro atoms. The summed E-state index contributed by atoms with van der Waals surface area (Å²) in [7, 11) is 0. The van der Waals surface area contributed by atoms with Crippen molar-refractivity contribution in [3.8, 4) is 11.8 Å². The fourth-order valence-electron chi connectivity index (χ4n) is 3.73. The van der Waals surface area contributed by atoms with Gasteiger partial charge in [0.1, 0.15) is 5.75 Å². The minimum absolute atomic E-state index is 0.0179. The highest BCUT2D eigenvalue weighted by atomic mass is 16.5. The van der Waals surface area contributed by atoms with Gasteiger partial charge in [-0.05, 0) is 50.3 Å². The third kappa shape index (κ3) is 6.50. The molecule has 1 aromatic heterocycles. The number of hydrogen-bond acceptors (Lipinski definition) is 4. The normalized spacial score (nSPS) is 11.9. The van der Waals surface area contributed by atoms with E-state index in [0.717, 1.165) is 18.4 Å². The largest absolute Gasteiger partial charge is 0.491 e. The van der Waals surface area contributed by atoms with Crippen molar-refractivity contribution >= 4 is 16.9 Å². The van der Waals surface area contributed by atoms with Crippen molar-refractivity contribution < 1.29 is 14.6 Å². The Kier molecular flexibility index (Phi) is 8.18. The van der Waals surface area contributed by atoms with Gasteiger partial charge < -0.3 is 14.4 Å². The van der Waals surface area contributed by atoms with E-state index in [-0.39, 0.29) is 23.9 Å². The fraction of sp³-hybridized carbons (Fsp3) is 0.577. The lowest BCUT2D eigenvalue weighted by molar-refractivity contribution is 0.0924. The Hall–Kier alpha value is -3.01. The number of amides is 1. The van der Waals surface area contributed by atoms with E-state index in [1.165, 1.54) is 4.90 Å². The van der Waals surface area contributed by atoms with Gasteiger partial charge in [0.05, 0.1) is 36.7 Å². The van der Waals surface area contributed by atoms with Crippen molar-refractivity contribution in [1.82, 2.24) is 9.47 Å². The first-order valence-corrected chi connectivity index (χ1v) is 11.5. The number of carboxylic acid groups (broad SMARTS) is 1. The Balaban J connectivity index is 2.91. The molecule has 0 fully saturated rings. The molecule has 2 rings (SSSR count). The molecule has 0 saturated carbocycles. The molecule has 0 aliphatic rings. The molecule has 1 amide bonds. The molecular formula is C26H37N3O4. The van der Waals surface area contributed by atoms with Gasteiger partial charge in [0.15, 0.2) is 0 Å². The molecule has 0 saturated heterocycles. The number of benzene rings is 1. The predicted octanol–water partition coefficient (Wildman–Crippen LogP) is 5.57. The van der Waals surface area contributed by atoms with Crippen LogP contribution in [0.25, 0.3) is 10.8 Å². The Morgan fingerprint density at radius 2 is 1.85 bits per heavy atom. The number of fused-ring (bicyclic) bond motifs is 1. The SMILES string of the molecule is CCCCOc1c(CN(C(=O)O)C(C)(C)C)n(CC(C)(C)C)c(=O)c2ccc(CC#N)cc12. The Labute approximate surface area is 196 Å². The standard InChI is InChI=1S/C26H37N3O4/c1-8-9-14-33-22-20-15-18(12-13-27)10-11-19(20)23(30)28(17-25(2,3)4)21(22)16-29(24(31)32)26(5,6)7/h10-11,15H,8-9,12,14,16-17H2,1-7H3,(H,31,32). The summed E-state index contributed by atoms with van der Waals surface area (Å²) in [6.45, 7) is 14.6. The second-order valence-electron chi connectivity index (χ2n) is 10.7. The quantitative estimate of drug-likeness (QED) is 0.525. The van der Waals surface area contributed by atoms with E-state index in [1.807, 2.05) is 47.6 Å². The topological polar surface area (TPSA) is 95.6 Å². The van der Waals surface area contributed by atoms with E-state index in [0.29, 0.717) is 35.4 Å². The molecule has 1 N–H and O–H groups in total. The van der Waals surface area contributed by atoms with Crippen LogP contribution in [-0.4, -0.2) is 32.8 Å². The van der Waals surface area contributed by atoms with Crippen LogP contribution in [0.1, 0.15) is 72.6 Å². The number of carbonyl (C=O) groups is 1. The number of rotatable bonds is 8. The lowest BCUT2D eigenvalue weighted by Crippen LogP contribution is -2.45. The molecule has 0 aliphatic carbocycles. The lowest BCUT2D eigenvalue weighted by Gasteiger charge is -2.35. The van der Waals surface area contributed by atoms with Crippen LogP contribution in [0.2, 0.25) is 0 Å². The summed E-state index contributed by atoms with van der Waals surface area (Å²) in [4.78, 5) is 27.2. The zero-order valence-electron chi connectivity index (χ0n) is 21.0. The number of unbranched alkanes of at least 4 members (excludes halogenated alkanes) is 1. The molecule has 180 valence electrons. The minimum Gasteiger partial charge on any atom is -0.491 e. The zero-order chi connectivity index (χ0) is 25.0. The first kappa shape index (κ1) is 26.2. The highest BCUT2D eigenvalue weighted by molar-refractivity contribution is 5.89. The van der Waals surface area contributed by atoms with Crippen molar-refractivity contribution in [2.75, 3.05) is 6.61 Å². The smallest absolute Gasteiger partial charge is 0.408 e. The molecule has 33 heavy (non-hydrogen) atoms. The zero-order valence-corrected chi connectivity index (χ0v) is 21.0. The maximum absolute atomic E-state index is 13.7. The summed E-state index contributed by atoms with van der Waals surface area (Å²) in [5.74, 6) is 0.526. The maximum atomic E-state index is 13.7. The highest BCUT2D eigenvalue weighted by Crippen LogP contribution is 2.33. The second kappa shape index (κ2) is 10.3. The fourth-order valence-corrected chi connectivity index (χ4v) is 3.73. The van der Waals surface area contributed by atoms with E-state index in [1.54, 1.807) is 16.7 Å². The first-order chi connectivity index (χ1) is 15.3. The second-order valence-corrected chi connectivity index (χ2v) is 10.7. The maximum Gasteiger partial charge on any atom is 0.408 e. The van der Waals surface area contributed by atoms with Crippen molar-refractivity contribution in [2.24, 2.45) is 5.41 Å². The van der Waals surface area contributed by atoms with Crippen LogP contribution in [0.3, 0.4) is 0 Å². The van der Waals surface area contributed by atoms with Crippen molar-refractivity contribution in [2.45, 2.75) is 86.4 Å². The Bertz CT molecular complexity index is 1100. The van der Waals surface area contributed by atoms with Gasteiger partial charge in [0.25, 0.3) is 5.56 Å². The van der Waals surface area contributed by atoms with Crippen molar-refractivity contribution in [3.05, 3.63) is 39.8 Å². The molecule has 7 nitrogen and oxygen atoms in total. The number of nitrogens with zero attached hydrogens (tertiary/aromatic N) is 3. The summed E-state index contributed by atoms with van der Waals surface area (Å²) in [5, 5.41) is 20.3. The molecule has 7 heteroatoms. The van der Waals surface area contributed by atoms with Crippen LogP contribution in [0.4, 0.5) is 4.79 Å². The van der Waals surface area contributed by atoms with Gasteiger partial charge >= 0.3 is 6.09 Å². The number of aromatic nitrogens is 1. The molecule has 1 aromatic carbocycles. The van der Waals surface area contributed by atoms with Gasteiger partial charge in [-0.15, -0.1) is 0 Å². The molecular weight excluding hydrogens is 418 g/mol. The van der Waals surface area contributed by atoms with E-state index in [9.17, 15) is 14.7 Å². The predicted molar refractivity (Wildman–Crippen MR) is 131 cm³/mol. The third-order valence-corrected chi connectivity index (χ3v) is 5.40. The minimum atomic E-state index is -1.06. The monoisotopic (exact) mass is 455 g/mol. The Morgan fingerprint density at radius 1 is 1.18 bits per heavy atom. The molecule has 0 atom stereocenters. The summed E-state index contributed by atoms with van der Waals surface area (Å²) < 4.78 is 7.94. The molecule has 0 unspecified atom stereocenters. The molecule has 0 aliphatic heterocycles. The van der Waals surface area contributed by atoms with Crippen LogP contribution in [0.15, 0.2) is 23.0 Å². The lowest BCUT2D eigenvalue weighted by atomic mass is 9.95. The van der Waals surface area contributed by atoms with Gasteiger partial charge in [-0.1, -0.05) is 40.2 Å². The van der Waals surface area contributed by atoms with Crippen LogP contribution < -0.4 is 10.3 Å². The van der Waals surface area contributed by atoms with E-state index in [2.05, 4.69) is 13.0 Å². The van der Waals surface area contributed by atoms with Crippen LogP contribution in [0, 0.1) is 16.7 Å². The van der Waals surface area contributed by atoms with E-state index < -0.39 is 11.6 Å². The number of hydrogen-bond donors (Lipinski definition) is 1. The summed E-state index contributed by atoms with van der Waals surface area (Å²) in [5.41, 5.74) is 0.261. The van der Waals surface area contributed by atoms with Gasteiger partial charge in [-0.25, -0.2) is 4.79 Å². The summed E-state index contributed by atoms with van der Waals surface area (Å²) >= 11 is 0. The molecule has 0 bridgehead atoms.